The highest BCUT2D eigenvalue weighted by molar-refractivity contribution is 5.93. The number of ketones is 1. The molecule has 0 radical (unpaired) electrons. The molecule has 0 aliphatic heterocycles. The van der Waals surface area contributed by atoms with E-state index in [2.05, 4.69) is 37.2 Å². The van der Waals surface area contributed by atoms with E-state index in [1.807, 2.05) is 55.9 Å². The number of aromatic carboxylic acids is 1. The van der Waals surface area contributed by atoms with E-state index in [1.165, 1.54) is 5.56 Å². The van der Waals surface area contributed by atoms with E-state index >= 15 is 0 Å². The Morgan fingerprint density at radius 2 is 1.85 bits per heavy atom. The summed E-state index contributed by atoms with van der Waals surface area (Å²) in [7, 11) is 0. The molecular formula is C29H32N2O3. The first-order chi connectivity index (χ1) is 16.0. The standard InChI is InChI=1S/C29H32N2O3/c1-6-20-14-19(9-11-23(20)27(33)34)8-10-21-15-25-24(16-22(21)18-31-13-7-12-30-31)28(2,3)17-26(32)29(25,4)5/h7-16H,6,17-18H2,1-5H3,(H,33,34). The van der Waals surface area contributed by atoms with E-state index in [9.17, 15) is 14.7 Å². The highest BCUT2D eigenvalue weighted by atomic mass is 16.4. The Morgan fingerprint density at radius 3 is 2.50 bits per heavy atom. The molecule has 0 saturated carbocycles. The van der Waals surface area contributed by atoms with Gasteiger partial charge in [0.1, 0.15) is 5.78 Å². The zero-order valence-corrected chi connectivity index (χ0v) is 20.6. The number of Topliss-reactive ketones (excluding diaryl/α,β-unsaturated/α-hetero) is 1. The van der Waals surface area contributed by atoms with Crippen molar-refractivity contribution in [2.75, 3.05) is 0 Å². The molecule has 3 aromatic rings. The van der Waals surface area contributed by atoms with Gasteiger partial charge in [-0.05, 0) is 71.2 Å². The van der Waals surface area contributed by atoms with E-state index in [0.29, 0.717) is 24.9 Å². The number of hydrogen-bond donors (Lipinski definition) is 1. The van der Waals surface area contributed by atoms with Crippen LogP contribution in [0.4, 0.5) is 0 Å². The van der Waals surface area contributed by atoms with Crippen LogP contribution in [-0.4, -0.2) is 26.6 Å². The van der Waals surface area contributed by atoms with Crippen LogP contribution in [0.1, 0.15) is 84.8 Å². The van der Waals surface area contributed by atoms with Gasteiger partial charge in [-0.1, -0.05) is 57.2 Å². The Balaban J connectivity index is 1.83. The van der Waals surface area contributed by atoms with Crippen LogP contribution >= 0.6 is 0 Å². The van der Waals surface area contributed by atoms with E-state index in [1.54, 1.807) is 12.3 Å². The fourth-order valence-electron chi connectivity index (χ4n) is 4.87. The number of nitrogens with zero attached hydrogens (tertiary/aromatic N) is 2. The third-order valence-electron chi connectivity index (χ3n) is 7.07. The van der Waals surface area contributed by atoms with Crippen LogP contribution in [0.2, 0.25) is 0 Å². The number of carboxylic acids is 1. The number of carboxylic acid groups (broad SMARTS) is 1. The molecule has 5 nitrogen and oxygen atoms in total. The van der Waals surface area contributed by atoms with Gasteiger partial charge in [-0.15, -0.1) is 0 Å². The lowest BCUT2D eigenvalue weighted by molar-refractivity contribution is -0.125. The fourth-order valence-corrected chi connectivity index (χ4v) is 4.87. The largest absolute Gasteiger partial charge is 0.478 e. The molecule has 0 bridgehead atoms. The van der Waals surface area contributed by atoms with Crippen LogP contribution in [0.25, 0.3) is 12.2 Å². The Labute approximate surface area is 201 Å². The average molecular weight is 457 g/mol. The summed E-state index contributed by atoms with van der Waals surface area (Å²) in [4.78, 5) is 24.5. The molecule has 1 aromatic heterocycles. The lowest BCUT2D eigenvalue weighted by atomic mass is 9.62. The molecule has 1 aliphatic rings. The van der Waals surface area contributed by atoms with Crippen LogP contribution in [0.3, 0.4) is 0 Å². The highest BCUT2D eigenvalue weighted by Gasteiger charge is 2.43. The van der Waals surface area contributed by atoms with E-state index in [4.69, 9.17) is 0 Å². The van der Waals surface area contributed by atoms with Gasteiger partial charge in [-0.3, -0.25) is 9.48 Å². The first kappa shape index (κ1) is 23.7. The molecule has 34 heavy (non-hydrogen) atoms. The van der Waals surface area contributed by atoms with Gasteiger partial charge in [-0.2, -0.15) is 5.10 Å². The van der Waals surface area contributed by atoms with Gasteiger partial charge < -0.3 is 5.11 Å². The monoisotopic (exact) mass is 456 g/mol. The van der Waals surface area contributed by atoms with E-state index < -0.39 is 11.4 Å². The molecule has 0 atom stereocenters. The molecule has 0 saturated heterocycles. The molecular weight excluding hydrogens is 424 g/mol. The summed E-state index contributed by atoms with van der Waals surface area (Å²) in [5.74, 6) is -0.644. The lowest BCUT2D eigenvalue weighted by Gasteiger charge is -2.41. The van der Waals surface area contributed by atoms with Crippen molar-refractivity contribution in [1.82, 2.24) is 9.78 Å². The van der Waals surface area contributed by atoms with Crippen molar-refractivity contribution in [3.05, 3.63) is 87.7 Å². The van der Waals surface area contributed by atoms with Crippen LogP contribution < -0.4 is 0 Å². The maximum atomic E-state index is 13.0. The van der Waals surface area contributed by atoms with Gasteiger partial charge in [0.2, 0.25) is 0 Å². The SMILES string of the molecule is CCc1cc(C=Cc2cc3c(cc2Cn2cccn2)C(C)(C)CC(=O)C3(C)C)ccc1C(=O)O. The first-order valence-corrected chi connectivity index (χ1v) is 11.8. The normalized spacial score (nSPS) is 16.6. The highest BCUT2D eigenvalue weighted by Crippen LogP contribution is 2.45. The molecule has 2 aromatic carbocycles. The van der Waals surface area contributed by atoms with Gasteiger partial charge in [0.15, 0.2) is 0 Å². The molecule has 4 rings (SSSR count). The minimum absolute atomic E-state index is 0.230. The molecule has 1 N–H and O–H groups in total. The second-order valence-corrected chi connectivity index (χ2v) is 10.3. The fraction of sp³-hybridized carbons (Fsp3) is 0.345. The number of fused-ring (bicyclic) bond motifs is 1. The Kier molecular flexibility index (Phi) is 6.07. The number of rotatable bonds is 6. The quantitative estimate of drug-likeness (QED) is 0.470. The number of hydrogen-bond acceptors (Lipinski definition) is 3. The predicted molar refractivity (Wildman–Crippen MR) is 135 cm³/mol. The molecule has 1 heterocycles. The zero-order chi connectivity index (χ0) is 24.7. The summed E-state index contributed by atoms with van der Waals surface area (Å²) >= 11 is 0. The van der Waals surface area contributed by atoms with E-state index in [-0.39, 0.29) is 11.2 Å². The summed E-state index contributed by atoms with van der Waals surface area (Å²) in [6.07, 6.45) is 8.98. The van der Waals surface area contributed by atoms with Crippen LogP contribution in [-0.2, 0) is 28.6 Å². The van der Waals surface area contributed by atoms with Gasteiger partial charge in [-0.25, -0.2) is 4.79 Å². The number of carbonyl (C=O) groups excluding carboxylic acids is 1. The Morgan fingerprint density at radius 1 is 1.09 bits per heavy atom. The molecule has 0 spiro atoms. The smallest absolute Gasteiger partial charge is 0.335 e. The van der Waals surface area contributed by atoms with Crippen LogP contribution in [0, 0.1) is 0 Å². The summed E-state index contributed by atoms with van der Waals surface area (Å²) in [6.45, 7) is 10.9. The van der Waals surface area contributed by atoms with Crippen LogP contribution in [0.15, 0.2) is 48.8 Å². The topological polar surface area (TPSA) is 72.2 Å². The van der Waals surface area contributed by atoms with Crippen molar-refractivity contribution in [3.63, 3.8) is 0 Å². The number of carbonyl (C=O) groups is 2. The number of benzene rings is 2. The number of aromatic nitrogens is 2. The molecule has 1 aliphatic carbocycles. The predicted octanol–water partition coefficient (Wildman–Crippen LogP) is 5.89. The second kappa shape index (κ2) is 8.71. The van der Waals surface area contributed by atoms with Crippen molar-refractivity contribution in [3.8, 4) is 0 Å². The lowest BCUT2D eigenvalue weighted by Crippen LogP contribution is -2.42. The first-order valence-electron chi connectivity index (χ1n) is 11.8. The summed E-state index contributed by atoms with van der Waals surface area (Å²) in [5, 5.41) is 13.8. The molecule has 0 amide bonds. The van der Waals surface area contributed by atoms with Crippen molar-refractivity contribution >= 4 is 23.9 Å². The van der Waals surface area contributed by atoms with E-state index in [0.717, 1.165) is 27.8 Å². The maximum absolute atomic E-state index is 13.0. The minimum Gasteiger partial charge on any atom is -0.478 e. The van der Waals surface area contributed by atoms with Gasteiger partial charge in [0.05, 0.1) is 12.1 Å². The third-order valence-corrected chi connectivity index (χ3v) is 7.07. The van der Waals surface area contributed by atoms with Crippen molar-refractivity contribution in [2.45, 2.75) is 64.8 Å². The van der Waals surface area contributed by atoms with Crippen molar-refractivity contribution in [2.24, 2.45) is 0 Å². The Bertz CT molecular complexity index is 1280. The summed E-state index contributed by atoms with van der Waals surface area (Å²) in [5.41, 5.74) is 5.79. The molecule has 0 unspecified atom stereocenters. The van der Waals surface area contributed by atoms with Gasteiger partial charge >= 0.3 is 5.97 Å². The molecule has 5 heteroatoms. The minimum atomic E-state index is -0.905. The molecule has 0 fully saturated rings. The maximum Gasteiger partial charge on any atom is 0.335 e. The summed E-state index contributed by atoms with van der Waals surface area (Å²) in [6, 6.07) is 11.8. The van der Waals surface area contributed by atoms with Gasteiger partial charge in [0, 0.05) is 24.2 Å². The summed E-state index contributed by atoms with van der Waals surface area (Å²) < 4.78 is 1.90. The second-order valence-electron chi connectivity index (χ2n) is 10.3. The average Bonchev–Trinajstić information content (AvgIpc) is 3.29. The Hall–Kier alpha value is -3.47. The number of aryl methyl sites for hydroxylation is 1. The van der Waals surface area contributed by atoms with Crippen molar-refractivity contribution < 1.29 is 14.7 Å². The van der Waals surface area contributed by atoms with Gasteiger partial charge in [0.25, 0.3) is 0 Å². The third kappa shape index (κ3) is 4.35. The molecule has 176 valence electrons. The zero-order valence-electron chi connectivity index (χ0n) is 20.6. The van der Waals surface area contributed by atoms with Crippen molar-refractivity contribution in [1.29, 1.82) is 0 Å². The van der Waals surface area contributed by atoms with Crippen LogP contribution in [0.5, 0.6) is 0 Å².